The lowest BCUT2D eigenvalue weighted by molar-refractivity contribution is -0.133. The molecule has 0 saturated carbocycles. The number of nitrogens with zero attached hydrogens (tertiary/aromatic N) is 4. The lowest BCUT2D eigenvalue weighted by Crippen LogP contribution is -2.38. The number of aromatic nitrogens is 2. The Morgan fingerprint density at radius 2 is 1.68 bits per heavy atom. The van der Waals surface area contributed by atoms with Crippen molar-refractivity contribution in [1.29, 1.82) is 0 Å². The lowest BCUT2D eigenvalue weighted by Gasteiger charge is -2.25. The number of carbonyl (C=O) groups is 2. The number of aryl methyl sites for hydroxylation is 2. The van der Waals surface area contributed by atoms with Gasteiger partial charge < -0.3 is 9.80 Å². The summed E-state index contributed by atoms with van der Waals surface area (Å²) < 4.78 is 1.83. The largest absolute Gasteiger partial charge is 0.341 e. The molecule has 1 aromatic heterocycles. The van der Waals surface area contributed by atoms with Crippen LogP contribution in [-0.2, 0) is 16.6 Å². The number of hydrogen-bond donors (Lipinski definition) is 0. The van der Waals surface area contributed by atoms with E-state index in [2.05, 4.69) is 5.10 Å². The molecule has 6 heteroatoms. The number of rotatable bonds is 2. The van der Waals surface area contributed by atoms with Crippen molar-refractivity contribution in [2.24, 2.45) is 7.05 Å². The van der Waals surface area contributed by atoms with Gasteiger partial charge in [-0.15, -0.1) is 0 Å². The van der Waals surface area contributed by atoms with Crippen LogP contribution in [0.2, 0.25) is 0 Å². The first-order valence-corrected chi connectivity index (χ1v) is 7.87. The predicted octanol–water partition coefficient (Wildman–Crippen LogP) is 1.22. The third-order valence-electron chi connectivity index (χ3n) is 4.62. The lowest BCUT2D eigenvalue weighted by atomic mass is 9.97. The fourth-order valence-corrected chi connectivity index (χ4v) is 3.27. The molecule has 1 aromatic rings. The topological polar surface area (TPSA) is 58.4 Å². The molecule has 0 radical (unpaired) electrons. The first-order chi connectivity index (χ1) is 10.3. The summed E-state index contributed by atoms with van der Waals surface area (Å²) in [6.07, 6.45) is 0.836. The van der Waals surface area contributed by atoms with Crippen LogP contribution in [0.15, 0.2) is 0 Å². The van der Waals surface area contributed by atoms with Crippen LogP contribution in [0.3, 0.4) is 0 Å². The molecule has 22 heavy (non-hydrogen) atoms. The average Bonchev–Trinajstić information content (AvgIpc) is 2.66. The molecule has 2 amide bonds. The molecular formula is C16H26N4O2. The van der Waals surface area contributed by atoms with Gasteiger partial charge in [0.2, 0.25) is 11.8 Å². The first kappa shape index (κ1) is 16.5. The van der Waals surface area contributed by atoms with Gasteiger partial charge in [-0.25, -0.2) is 0 Å². The summed E-state index contributed by atoms with van der Waals surface area (Å²) in [7, 11) is 1.90. The van der Waals surface area contributed by atoms with Gasteiger partial charge in [-0.3, -0.25) is 14.3 Å². The summed E-state index contributed by atoms with van der Waals surface area (Å²) in [5.41, 5.74) is 2.99. The van der Waals surface area contributed by atoms with E-state index in [4.69, 9.17) is 0 Å². The highest BCUT2D eigenvalue weighted by molar-refractivity contribution is 5.84. The summed E-state index contributed by atoms with van der Waals surface area (Å²) in [6, 6.07) is 0. The van der Waals surface area contributed by atoms with Gasteiger partial charge in [0.1, 0.15) is 0 Å². The minimum Gasteiger partial charge on any atom is -0.341 e. The smallest absolute Gasteiger partial charge is 0.230 e. The van der Waals surface area contributed by atoms with Crippen LogP contribution in [0.1, 0.15) is 43.1 Å². The molecule has 1 saturated heterocycles. The first-order valence-electron chi connectivity index (χ1n) is 7.87. The van der Waals surface area contributed by atoms with Crippen LogP contribution >= 0.6 is 0 Å². The minimum atomic E-state index is -0.197. The molecule has 1 fully saturated rings. The Hall–Kier alpha value is -1.85. The molecule has 0 aliphatic carbocycles. The Kier molecular flexibility index (Phi) is 4.88. The SMILES string of the molecule is CC(=O)N1CCCN(C(=O)C(C)c2c(C)nn(C)c2C)CC1. The predicted molar refractivity (Wildman–Crippen MR) is 84.5 cm³/mol. The molecule has 1 atom stereocenters. The van der Waals surface area contributed by atoms with Crippen LogP contribution < -0.4 is 0 Å². The monoisotopic (exact) mass is 306 g/mol. The fourth-order valence-electron chi connectivity index (χ4n) is 3.27. The standard InChI is InChI=1S/C16H26N4O2/c1-11(15-12(2)17-18(5)13(15)3)16(22)20-8-6-7-19(9-10-20)14(4)21/h11H,6-10H2,1-5H3. The molecule has 1 aliphatic heterocycles. The van der Waals surface area contributed by atoms with Crippen molar-refractivity contribution in [1.82, 2.24) is 19.6 Å². The zero-order valence-corrected chi connectivity index (χ0v) is 14.2. The van der Waals surface area contributed by atoms with Crippen LogP contribution in [0, 0.1) is 13.8 Å². The molecule has 1 aliphatic rings. The summed E-state index contributed by atoms with van der Waals surface area (Å²) in [4.78, 5) is 28.0. The Morgan fingerprint density at radius 1 is 1.09 bits per heavy atom. The third kappa shape index (κ3) is 3.15. The molecule has 0 N–H and O–H groups in total. The highest BCUT2D eigenvalue weighted by Crippen LogP contribution is 2.25. The van der Waals surface area contributed by atoms with E-state index in [1.54, 1.807) is 6.92 Å². The van der Waals surface area contributed by atoms with Gasteiger partial charge in [0.15, 0.2) is 0 Å². The maximum atomic E-state index is 12.8. The second kappa shape index (κ2) is 6.50. The summed E-state index contributed by atoms with van der Waals surface area (Å²) >= 11 is 0. The van der Waals surface area contributed by atoms with Crippen molar-refractivity contribution in [2.45, 2.75) is 40.0 Å². The van der Waals surface area contributed by atoms with Crippen LogP contribution in [0.5, 0.6) is 0 Å². The summed E-state index contributed by atoms with van der Waals surface area (Å²) in [6.45, 7) is 10.2. The third-order valence-corrected chi connectivity index (χ3v) is 4.62. The highest BCUT2D eigenvalue weighted by Gasteiger charge is 2.28. The number of amides is 2. The van der Waals surface area contributed by atoms with E-state index in [-0.39, 0.29) is 17.7 Å². The molecule has 6 nitrogen and oxygen atoms in total. The second-order valence-corrected chi connectivity index (χ2v) is 6.11. The molecule has 0 spiro atoms. The number of hydrogen-bond acceptors (Lipinski definition) is 3. The normalized spacial score (nSPS) is 17.3. The van der Waals surface area contributed by atoms with E-state index in [0.29, 0.717) is 19.6 Å². The van der Waals surface area contributed by atoms with Gasteiger partial charge in [-0.05, 0) is 27.2 Å². The van der Waals surface area contributed by atoms with Gasteiger partial charge in [0, 0.05) is 51.4 Å². The molecule has 0 bridgehead atoms. The van der Waals surface area contributed by atoms with Crippen molar-refractivity contribution in [3.63, 3.8) is 0 Å². The maximum absolute atomic E-state index is 12.8. The molecule has 0 aromatic carbocycles. The van der Waals surface area contributed by atoms with E-state index < -0.39 is 0 Å². The zero-order chi connectivity index (χ0) is 16.4. The maximum Gasteiger partial charge on any atom is 0.230 e. The Labute approximate surface area is 132 Å². The van der Waals surface area contributed by atoms with Gasteiger partial charge in [0.25, 0.3) is 0 Å². The van der Waals surface area contributed by atoms with Crippen molar-refractivity contribution in [3.8, 4) is 0 Å². The van der Waals surface area contributed by atoms with E-state index in [9.17, 15) is 9.59 Å². The summed E-state index contributed by atoms with van der Waals surface area (Å²) in [5, 5.41) is 4.41. The van der Waals surface area contributed by atoms with Crippen molar-refractivity contribution < 1.29 is 9.59 Å². The fraction of sp³-hybridized carbons (Fsp3) is 0.688. The Bertz CT molecular complexity index is 579. The van der Waals surface area contributed by atoms with Crippen molar-refractivity contribution in [3.05, 3.63) is 17.0 Å². The van der Waals surface area contributed by atoms with Gasteiger partial charge in [-0.1, -0.05) is 0 Å². The second-order valence-electron chi connectivity index (χ2n) is 6.11. The van der Waals surface area contributed by atoms with Crippen molar-refractivity contribution in [2.75, 3.05) is 26.2 Å². The quantitative estimate of drug-likeness (QED) is 0.825. The highest BCUT2D eigenvalue weighted by atomic mass is 16.2. The molecular weight excluding hydrogens is 280 g/mol. The van der Waals surface area contributed by atoms with Crippen LogP contribution in [-0.4, -0.2) is 57.6 Å². The van der Waals surface area contributed by atoms with E-state index >= 15 is 0 Å². The molecule has 1 unspecified atom stereocenters. The molecule has 2 heterocycles. The van der Waals surface area contributed by atoms with E-state index in [1.165, 1.54) is 0 Å². The van der Waals surface area contributed by atoms with E-state index in [0.717, 1.165) is 29.9 Å². The molecule has 2 rings (SSSR count). The van der Waals surface area contributed by atoms with Crippen LogP contribution in [0.25, 0.3) is 0 Å². The number of carbonyl (C=O) groups excluding carboxylic acids is 2. The van der Waals surface area contributed by atoms with Crippen LogP contribution in [0.4, 0.5) is 0 Å². The Balaban J connectivity index is 2.12. The van der Waals surface area contributed by atoms with Gasteiger partial charge in [-0.2, -0.15) is 5.10 Å². The Morgan fingerprint density at radius 3 is 2.23 bits per heavy atom. The molecule has 122 valence electrons. The summed E-state index contributed by atoms with van der Waals surface area (Å²) in [5.74, 6) is 0.0171. The van der Waals surface area contributed by atoms with Crippen molar-refractivity contribution >= 4 is 11.8 Å². The minimum absolute atomic E-state index is 0.0845. The van der Waals surface area contributed by atoms with E-state index in [1.807, 2.05) is 42.3 Å². The van der Waals surface area contributed by atoms with Gasteiger partial charge in [0.05, 0.1) is 11.6 Å². The van der Waals surface area contributed by atoms with Gasteiger partial charge >= 0.3 is 0 Å². The zero-order valence-electron chi connectivity index (χ0n) is 14.2. The average molecular weight is 306 g/mol.